The van der Waals surface area contributed by atoms with Crippen LogP contribution in [0, 0.1) is 13.8 Å². The maximum Gasteiger partial charge on any atom is 0.123 e. The standard InChI is InChI=1S/C11H17NO/c1-7-5-6-9(11(3,4)12)10(13)8(7)2/h5-6,13H,12H2,1-4H3. The van der Waals surface area contributed by atoms with Gasteiger partial charge >= 0.3 is 0 Å². The zero-order valence-corrected chi connectivity index (χ0v) is 8.68. The van der Waals surface area contributed by atoms with Crippen molar-refractivity contribution < 1.29 is 5.11 Å². The van der Waals surface area contributed by atoms with Crippen molar-refractivity contribution in [3.8, 4) is 5.75 Å². The summed E-state index contributed by atoms with van der Waals surface area (Å²) in [5.41, 5.74) is 8.24. The van der Waals surface area contributed by atoms with Crippen molar-refractivity contribution in [3.05, 3.63) is 28.8 Å². The van der Waals surface area contributed by atoms with Gasteiger partial charge in [0.2, 0.25) is 0 Å². The first kappa shape index (κ1) is 10.1. The van der Waals surface area contributed by atoms with Crippen LogP contribution in [0.15, 0.2) is 12.1 Å². The van der Waals surface area contributed by atoms with Crippen LogP contribution >= 0.6 is 0 Å². The highest BCUT2D eigenvalue weighted by Gasteiger charge is 2.19. The molecule has 0 saturated carbocycles. The quantitative estimate of drug-likeness (QED) is 0.694. The molecule has 0 amide bonds. The first-order valence-corrected chi connectivity index (χ1v) is 4.42. The molecule has 0 heterocycles. The summed E-state index contributed by atoms with van der Waals surface area (Å²) in [4.78, 5) is 0. The molecule has 0 unspecified atom stereocenters. The average Bonchev–Trinajstić information content (AvgIpc) is 1.98. The van der Waals surface area contributed by atoms with E-state index >= 15 is 0 Å². The molecule has 0 aliphatic carbocycles. The molecule has 0 aromatic heterocycles. The van der Waals surface area contributed by atoms with E-state index in [0.29, 0.717) is 5.75 Å². The van der Waals surface area contributed by atoms with Gasteiger partial charge in [-0.1, -0.05) is 12.1 Å². The van der Waals surface area contributed by atoms with Crippen LogP contribution in [0.25, 0.3) is 0 Å². The maximum atomic E-state index is 9.83. The number of phenolic OH excluding ortho intramolecular Hbond substituents is 1. The largest absolute Gasteiger partial charge is 0.507 e. The second kappa shape index (κ2) is 3.04. The minimum Gasteiger partial charge on any atom is -0.507 e. The highest BCUT2D eigenvalue weighted by atomic mass is 16.3. The van der Waals surface area contributed by atoms with Gasteiger partial charge in [-0.25, -0.2) is 0 Å². The first-order chi connectivity index (χ1) is 5.84. The van der Waals surface area contributed by atoms with Crippen molar-refractivity contribution in [1.29, 1.82) is 0 Å². The lowest BCUT2D eigenvalue weighted by Gasteiger charge is -2.22. The predicted octanol–water partition coefficient (Wildman–Crippen LogP) is 2.20. The highest BCUT2D eigenvalue weighted by molar-refractivity contribution is 5.46. The van der Waals surface area contributed by atoms with Gasteiger partial charge in [-0.2, -0.15) is 0 Å². The minimum absolute atomic E-state index is 0.326. The van der Waals surface area contributed by atoms with Crippen LogP contribution < -0.4 is 5.73 Å². The van der Waals surface area contributed by atoms with E-state index in [1.54, 1.807) is 0 Å². The summed E-state index contributed by atoms with van der Waals surface area (Å²) in [7, 11) is 0. The van der Waals surface area contributed by atoms with Gasteiger partial charge in [-0.05, 0) is 38.8 Å². The molecular weight excluding hydrogens is 162 g/mol. The SMILES string of the molecule is Cc1ccc(C(C)(C)N)c(O)c1C. The van der Waals surface area contributed by atoms with Crippen molar-refractivity contribution in [3.63, 3.8) is 0 Å². The Balaban J connectivity index is 3.35. The van der Waals surface area contributed by atoms with Gasteiger partial charge in [-0.3, -0.25) is 0 Å². The average molecular weight is 179 g/mol. The molecule has 2 heteroatoms. The van der Waals surface area contributed by atoms with Crippen LogP contribution in [0.3, 0.4) is 0 Å². The number of hydrogen-bond acceptors (Lipinski definition) is 2. The van der Waals surface area contributed by atoms with E-state index in [2.05, 4.69) is 0 Å². The van der Waals surface area contributed by atoms with Crippen LogP contribution in [-0.4, -0.2) is 5.11 Å². The molecule has 0 aliphatic rings. The van der Waals surface area contributed by atoms with E-state index in [0.717, 1.165) is 16.7 Å². The summed E-state index contributed by atoms with van der Waals surface area (Å²) in [5.74, 6) is 0.326. The zero-order chi connectivity index (χ0) is 10.2. The molecule has 3 N–H and O–H groups in total. The molecule has 72 valence electrons. The lowest BCUT2D eigenvalue weighted by molar-refractivity contribution is 0.436. The van der Waals surface area contributed by atoms with Crippen LogP contribution in [0.2, 0.25) is 0 Å². The summed E-state index contributed by atoms with van der Waals surface area (Å²) in [6.45, 7) is 7.65. The second-order valence-corrected chi connectivity index (χ2v) is 4.13. The number of phenols is 1. The van der Waals surface area contributed by atoms with E-state index in [1.807, 2.05) is 39.8 Å². The van der Waals surface area contributed by atoms with E-state index in [4.69, 9.17) is 5.73 Å². The van der Waals surface area contributed by atoms with E-state index in [-0.39, 0.29) is 0 Å². The monoisotopic (exact) mass is 179 g/mol. The molecule has 0 bridgehead atoms. The molecule has 1 aromatic carbocycles. The third-order valence-electron chi connectivity index (χ3n) is 2.40. The Morgan fingerprint density at radius 1 is 1.23 bits per heavy atom. The van der Waals surface area contributed by atoms with Gasteiger partial charge in [0.05, 0.1) is 0 Å². The minimum atomic E-state index is -0.484. The molecule has 0 aliphatic heterocycles. The molecule has 1 aromatic rings. The van der Waals surface area contributed by atoms with Crippen molar-refractivity contribution in [1.82, 2.24) is 0 Å². The predicted molar refractivity (Wildman–Crippen MR) is 54.8 cm³/mol. The topological polar surface area (TPSA) is 46.2 Å². The molecule has 0 saturated heterocycles. The maximum absolute atomic E-state index is 9.83. The van der Waals surface area contributed by atoms with Gasteiger partial charge in [0.1, 0.15) is 5.75 Å². The second-order valence-electron chi connectivity index (χ2n) is 4.13. The van der Waals surface area contributed by atoms with Crippen LogP contribution in [-0.2, 0) is 5.54 Å². The summed E-state index contributed by atoms with van der Waals surface area (Å²) in [6, 6.07) is 3.87. The third kappa shape index (κ3) is 1.83. The van der Waals surface area contributed by atoms with E-state index in [1.165, 1.54) is 0 Å². The number of aromatic hydroxyl groups is 1. The first-order valence-electron chi connectivity index (χ1n) is 4.42. The third-order valence-corrected chi connectivity index (χ3v) is 2.40. The highest BCUT2D eigenvalue weighted by Crippen LogP contribution is 2.31. The number of hydrogen-bond donors (Lipinski definition) is 2. The molecule has 2 nitrogen and oxygen atoms in total. The molecule has 1 rings (SSSR count). The number of rotatable bonds is 1. The summed E-state index contributed by atoms with van der Waals surface area (Å²) < 4.78 is 0. The van der Waals surface area contributed by atoms with E-state index in [9.17, 15) is 5.11 Å². The Hall–Kier alpha value is -1.02. The Morgan fingerprint density at radius 2 is 1.77 bits per heavy atom. The number of nitrogens with two attached hydrogens (primary N) is 1. The number of aryl methyl sites for hydroxylation is 1. The molecule has 0 radical (unpaired) electrons. The Labute approximate surface area is 79.4 Å². The molecular formula is C11H17NO. The van der Waals surface area contributed by atoms with E-state index < -0.39 is 5.54 Å². The fourth-order valence-electron chi connectivity index (χ4n) is 1.32. The smallest absolute Gasteiger partial charge is 0.123 e. The van der Waals surface area contributed by atoms with Crippen LogP contribution in [0.1, 0.15) is 30.5 Å². The lowest BCUT2D eigenvalue weighted by Crippen LogP contribution is -2.28. The Bertz CT molecular complexity index is 324. The zero-order valence-electron chi connectivity index (χ0n) is 8.68. The summed E-state index contributed by atoms with van der Waals surface area (Å²) in [5, 5.41) is 9.83. The van der Waals surface area contributed by atoms with Crippen molar-refractivity contribution in [2.24, 2.45) is 5.73 Å². The van der Waals surface area contributed by atoms with Crippen molar-refractivity contribution >= 4 is 0 Å². The molecule has 0 fully saturated rings. The van der Waals surface area contributed by atoms with Gasteiger partial charge < -0.3 is 10.8 Å². The summed E-state index contributed by atoms with van der Waals surface area (Å²) in [6.07, 6.45) is 0. The molecule has 0 atom stereocenters. The lowest BCUT2D eigenvalue weighted by atomic mass is 9.91. The van der Waals surface area contributed by atoms with Crippen LogP contribution in [0.4, 0.5) is 0 Å². The summed E-state index contributed by atoms with van der Waals surface area (Å²) >= 11 is 0. The van der Waals surface area contributed by atoms with Gasteiger partial charge in [0.15, 0.2) is 0 Å². The van der Waals surface area contributed by atoms with Gasteiger partial charge in [-0.15, -0.1) is 0 Å². The number of benzene rings is 1. The van der Waals surface area contributed by atoms with Gasteiger partial charge in [0.25, 0.3) is 0 Å². The van der Waals surface area contributed by atoms with Crippen LogP contribution in [0.5, 0.6) is 5.75 Å². The van der Waals surface area contributed by atoms with Crippen molar-refractivity contribution in [2.75, 3.05) is 0 Å². The normalized spacial score (nSPS) is 11.8. The fraction of sp³-hybridized carbons (Fsp3) is 0.455. The van der Waals surface area contributed by atoms with Gasteiger partial charge in [0, 0.05) is 11.1 Å². The van der Waals surface area contributed by atoms with Crippen molar-refractivity contribution in [2.45, 2.75) is 33.2 Å². The fourth-order valence-corrected chi connectivity index (χ4v) is 1.32. The molecule has 13 heavy (non-hydrogen) atoms. The Kier molecular flexibility index (Phi) is 2.35. The molecule has 0 spiro atoms. The Morgan fingerprint density at radius 3 is 2.23 bits per heavy atom.